The van der Waals surface area contributed by atoms with Crippen LogP contribution < -0.4 is 5.56 Å². The van der Waals surface area contributed by atoms with Crippen molar-refractivity contribution in [3.05, 3.63) is 69.9 Å². The van der Waals surface area contributed by atoms with Gasteiger partial charge in [0, 0.05) is 37.5 Å². The maximum absolute atomic E-state index is 13.1. The Morgan fingerprint density at radius 2 is 1.96 bits per heavy atom. The van der Waals surface area contributed by atoms with Gasteiger partial charge in [0.15, 0.2) is 0 Å². The molecule has 1 aromatic carbocycles. The molecule has 24 heavy (non-hydrogen) atoms. The number of benzene rings is 1. The number of rotatable bonds is 3. The van der Waals surface area contributed by atoms with Gasteiger partial charge in [0.1, 0.15) is 5.82 Å². The number of hydrogen-bond acceptors (Lipinski definition) is 2. The van der Waals surface area contributed by atoms with Crippen LogP contribution in [-0.2, 0) is 13.5 Å². The molecule has 3 rings (SSSR count). The molecule has 1 fully saturated rings. The van der Waals surface area contributed by atoms with E-state index >= 15 is 0 Å². The lowest BCUT2D eigenvalue weighted by atomic mass is 9.95. The van der Waals surface area contributed by atoms with Gasteiger partial charge in [-0.25, -0.2) is 4.39 Å². The topological polar surface area (TPSA) is 42.3 Å². The van der Waals surface area contributed by atoms with Crippen molar-refractivity contribution in [1.29, 1.82) is 0 Å². The quantitative estimate of drug-likeness (QED) is 0.869. The zero-order valence-corrected chi connectivity index (χ0v) is 13.7. The third-order valence-electron chi connectivity index (χ3n) is 4.62. The third kappa shape index (κ3) is 3.55. The molecule has 1 atom stereocenters. The first kappa shape index (κ1) is 16.4. The van der Waals surface area contributed by atoms with Gasteiger partial charge in [-0.05, 0) is 49.4 Å². The smallest absolute Gasteiger partial charge is 0.254 e. The van der Waals surface area contributed by atoms with Gasteiger partial charge in [0.2, 0.25) is 0 Å². The van der Waals surface area contributed by atoms with Crippen molar-refractivity contribution in [2.75, 3.05) is 6.54 Å². The van der Waals surface area contributed by atoms with Crippen molar-refractivity contribution < 1.29 is 9.18 Å². The molecule has 2 aromatic rings. The van der Waals surface area contributed by atoms with E-state index in [1.807, 2.05) is 4.90 Å². The highest BCUT2D eigenvalue weighted by Gasteiger charge is 2.27. The first-order valence-corrected chi connectivity index (χ1v) is 8.27. The van der Waals surface area contributed by atoms with Gasteiger partial charge in [-0.2, -0.15) is 0 Å². The van der Waals surface area contributed by atoms with Gasteiger partial charge < -0.3 is 9.47 Å². The third-order valence-corrected chi connectivity index (χ3v) is 4.62. The largest absolute Gasteiger partial charge is 0.335 e. The highest BCUT2D eigenvalue weighted by atomic mass is 19.1. The van der Waals surface area contributed by atoms with Crippen molar-refractivity contribution in [3.63, 3.8) is 0 Å². The SMILES string of the molecule is Cn1ccc(C(=O)N2CCCCC2Cc2ccc(F)cc2)cc1=O. The van der Waals surface area contributed by atoms with Crippen LogP contribution in [0.15, 0.2) is 47.4 Å². The minimum absolute atomic E-state index is 0.0840. The summed E-state index contributed by atoms with van der Waals surface area (Å²) >= 11 is 0. The molecule has 0 bridgehead atoms. The average molecular weight is 328 g/mol. The molecule has 5 heteroatoms. The molecule has 1 amide bonds. The molecule has 1 unspecified atom stereocenters. The van der Waals surface area contributed by atoms with Gasteiger partial charge >= 0.3 is 0 Å². The molecule has 1 aromatic heterocycles. The molecule has 0 N–H and O–H groups in total. The van der Waals surface area contributed by atoms with E-state index in [1.165, 1.54) is 22.8 Å². The zero-order valence-electron chi connectivity index (χ0n) is 13.7. The van der Waals surface area contributed by atoms with Crippen molar-refractivity contribution in [2.24, 2.45) is 7.05 Å². The Hall–Kier alpha value is -2.43. The zero-order chi connectivity index (χ0) is 17.1. The summed E-state index contributed by atoms with van der Waals surface area (Å²) in [6, 6.07) is 9.60. The van der Waals surface area contributed by atoms with Crippen LogP contribution in [0.5, 0.6) is 0 Å². The number of pyridine rings is 1. The van der Waals surface area contributed by atoms with Crippen molar-refractivity contribution in [3.8, 4) is 0 Å². The number of piperidine rings is 1. The Morgan fingerprint density at radius 1 is 1.21 bits per heavy atom. The second-order valence-corrected chi connectivity index (χ2v) is 6.34. The standard InChI is InChI=1S/C19H21FN2O2/c1-21-11-9-15(13-18(21)23)19(24)22-10-3-2-4-17(22)12-14-5-7-16(20)8-6-14/h5-9,11,13,17H,2-4,10,12H2,1H3. The molecule has 4 nitrogen and oxygen atoms in total. The van der Waals surface area contributed by atoms with Crippen LogP contribution in [0.25, 0.3) is 0 Å². The Labute approximate surface area is 140 Å². The predicted molar refractivity (Wildman–Crippen MR) is 90.5 cm³/mol. The van der Waals surface area contributed by atoms with Crippen LogP contribution in [-0.4, -0.2) is 28.0 Å². The summed E-state index contributed by atoms with van der Waals surface area (Å²) in [6.45, 7) is 0.694. The van der Waals surface area contributed by atoms with Crippen LogP contribution in [0, 0.1) is 5.82 Å². The van der Waals surface area contributed by atoms with E-state index in [0.29, 0.717) is 18.5 Å². The fourth-order valence-corrected chi connectivity index (χ4v) is 3.22. The monoisotopic (exact) mass is 328 g/mol. The lowest BCUT2D eigenvalue weighted by Gasteiger charge is -2.36. The number of halogens is 1. The number of likely N-dealkylation sites (tertiary alicyclic amines) is 1. The molecular weight excluding hydrogens is 307 g/mol. The van der Waals surface area contributed by atoms with Crippen molar-refractivity contribution in [2.45, 2.75) is 31.7 Å². The summed E-state index contributed by atoms with van der Waals surface area (Å²) in [7, 11) is 1.66. The Kier molecular flexibility index (Phi) is 4.79. The molecule has 1 saturated heterocycles. The summed E-state index contributed by atoms with van der Waals surface area (Å²) in [6.07, 6.45) is 5.29. The van der Waals surface area contributed by atoms with E-state index in [1.54, 1.807) is 31.4 Å². The predicted octanol–water partition coefficient (Wildman–Crippen LogP) is 2.76. The number of carbonyl (C=O) groups excluding carboxylic acids is 1. The molecule has 1 aliphatic heterocycles. The van der Waals surface area contributed by atoms with E-state index in [9.17, 15) is 14.0 Å². The van der Waals surface area contributed by atoms with Crippen molar-refractivity contribution >= 4 is 5.91 Å². The van der Waals surface area contributed by atoms with Crippen LogP contribution in [0.3, 0.4) is 0 Å². The van der Waals surface area contributed by atoms with Gasteiger partial charge in [-0.15, -0.1) is 0 Å². The molecule has 0 saturated carbocycles. The summed E-state index contributed by atoms with van der Waals surface area (Å²) in [4.78, 5) is 26.5. The van der Waals surface area contributed by atoms with E-state index < -0.39 is 0 Å². The summed E-state index contributed by atoms with van der Waals surface area (Å²) in [5.74, 6) is -0.352. The summed E-state index contributed by atoms with van der Waals surface area (Å²) in [5, 5.41) is 0. The van der Waals surface area contributed by atoms with Crippen molar-refractivity contribution in [1.82, 2.24) is 9.47 Å². The highest BCUT2D eigenvalue weighted by Crippen LogP contribution is 2.22. The van der Waals surface area contributed by atoms with E-state index in [2.05, 4.69) is 0 Å². The molecular formula is C19H21FN2O2. The molecule has 1 aliphatic rings. The van der Waals surface area contributed by atoms with Crippen LogP contribution >= 0.6 is 0 Å². The summed E-state index contributed by atoms with van der Waals surface area (Å²) < 4.78 is 14.5. The maximum atomic E-state index is 13.1. The van der Waals surface area contributed by atoms with Gasteiger partial charge in [-0.1, -0.05) is 12.1 Å². The number of aromatic nitrogens is 1. The summed E-state index contributed by atoms with van der Waals surface area (Å²) in [5.41, 5.74) is 1.27. The van der Waals surface area contributed by atoms with E-state index in [0.717, 1.165) is 24.8 Å². The van der Waals surface area contributed by atoms with E-state index in [4.69, 9.17) is 0 Å². The molecule has 126 valence electrons. The number of nitrogens with zero attached hydrogens (tertiary/aromatic N) is 2. The molecule has 2 heterocycles. The maximum Gasteiger partial charge on any atom is 0.254 e. The Balaban J connectivity index is 1.80. The van der Waals surface area contributed by atoms with Crippen LogP contribution in [0.2, 0.25) is 0 Å². The van der Waals surface area contributed by atoms with E-state index in [-0.39, 0.29) is 23.3 Å². The minimum Gasteiger partial charge on any atom is -0.335 e. The van der Waals surface area contributed by atoms with Crippen LogP contribution in [0.1, 0.15) is 35.2 Å². The van der Waals surface area contributed by atoms with Gasteiger partial charge in [0.05, 0.1) is 0 Å². The molecule has 0 radical (unpaired) electrons. The van der Waals surface area contributed by atoms with Gasteiger partial charge in [0.25, 0.3) is 11.5 Å². The highest BCUT2D eigenvalue weighted by molar-refractivity contribution is 5.94. The molecule has 0 aliphatic carbocycles. The first-order chi connectivity index (χ1) is 11.5. The normalized spacial score (nSPS) is 17.8. The fourth-order valence-electron chi connectivity index (χ4n) is 3.22. The minimum atomic E-state index is -0.254. The Bertz CT molecular complexity index is 783. The number of aryl methyl sites for hydroxylation is 1. The number of amides is 1. The fraction of sp³-hybridized carbons (Fsp3) is 0.368. The van der Waals surface area contributed by atoms with Crippen LogP contribution in [0.4, 0.5) is 4.39 Å². The first-order valence-electron chi connectivity index (χ1n) is 8.27. The molecule has 0 spiro atoms. The number of carbonyl (C=O) groups is 1. The second kappa shape index (κ2) is 6.99. The lowest BCUT2D eigenvalue weighted by Crippen LogP contribution is -2.45. The van der Waals surface area contributed by atoms with Gasteiger partial charge in [-0.3, -0.25) is 9.59 Å². The lowest BCUT2D eigenvalue weighted by molar-refractivity contribution is 0.0613. The average Bonchev–Trinajstić information content (AvgIpc) is 2.59. The second-order valence-electron chi connectivity index (χ2n) is 6.34. The Morgan fingerprint density at radius 3 is 2.67 bits per heavy atom. The number of hydrogen-bond donors (Lipinski definition) is 0.